The molecule has 4 N–H and O–H groups in total. The molecule has 5 heteroatoms. The third-order valence-corrected chi connectivity index (χ3v) is 4.66. The second-order valence-electron chi connectivity index (χ2n) is 6.65. The third-order valence-electron chi connectivity index (χ3n) is 4.66. The normalized spacial score (nSPS) is 10.1. The average molecular weight is 431 g/mol. The first-order valence-corrected chi connectivity index (χ1v) is 9.66. The monoisotopic (exact) mass is 430 g/mol. The standard InChI is InChI=1S/C15H15NO.C11H11NO2.CH4/c1-11(17)14-9-8-13(10-15(14)16-2)12-6-4-3-5-7-12;1-2-8(6-12)9-3-4-11(14)10(5-9)7-13;/h3-10,16H,1-2H3;2-7,14H,1,12H2;1H4/b;8-6+;. The van der Waals surface area contributed by atoms with Crippen molar-refractivity contribution in [3.05, 3.63) is 102 Å². The molecule has 0 radical (unpaired) electrons. The van der Waals surface area contributed by atoms with Crippen molar-refractivity contribution in [3.8, 4) is 16.9 Å². The molecule has 0 bridgehead atoms. The second kappa shape index (κ2) is 12.5. The first kappa shape index (κ1) is 25.9. The Hall–Kier alpha value is -4.12. The molecule has 0 amide bonds. The number of rotatable bonds is 6. The summed E-state index contributed by atoms with van der Waals surface area (Å²) in [6.07, 6.45) is 3.57. The van der Waals surface area contributed by atoms with Gasteiger partial charge in [0.15, 0.2) is 12.1 Å². The number of hydrogen-bond donors (Lipinski definition) is 3. The summed E-state index contributed by atoms with van der Waals surface area (Å²) in [4.78, 5) is 22.0. The molecule has 0 saturated carbocycles. The number of nitrogens with one attached hydrogen (secondary N) is 1. The van der Waals surface area contributed by atoms with Gasteiger partial charge in [0, 0.05) is 24.5 Å². The molecule has 0 aliphatic heterocycles. The summed E-state index contributed by atoms with van der Waals surface area (Å²) in [5.74, 6) is 0.0399. The Bertz CT molecular complexity index is 1100. The molecular weight excluding hydrogens is 400 g/mol. The van der Waals surface area contributed by atoms with Gasteiger partial charge < -0.3 is 16.2 Å². The van der Waals surface area contributed by atoms with Crippen molar-refractivity contribution in [1.82, 2.24) is 0 Å². The summed E-state index contributed by atoms with van der Waals surface area (Å²) in [5, 5.41) is 12.3. The number of carbonyl (C=O) groups is 2. The van der Waals surface area contributed by atoms with Gasteiger partial charge in [0.2, 0.25) is 0 Å². The fraction of sp³-hybridized carbons (Fsp3) is 0.111. The lowest BCUT2D eigenvalue weighted by Gasteiger charge is -2.09. The van der Waals surface area contributed by atoms with Crippen molar-refractivity contribution in [3.63, 3.8) is 0 Å². The van der Waals surface area contributed by atoms with Gasteiger partial charge in [0.1, 0.15) is 5.75 Å². The number of Topliss-reactive ketones (excluding diaryl/α,β-unsaturated/α-hetero) is 1. The zero-order valence-electron chi connectivity index (χ0n) is 17.6. The highest BCUT2D eigenvalue weighted by atomic mass is 16.3. The number of allylic oxidation sites excluding steroid dienone is 2. The van der Waals surface area contributed by atoms with Crippen molar-refractivity contribution in [1.29, 1.82) is 0 Å². The predicted molar refractivity (Wildman–Crippen MR) is 134 cm³/mol. The van der Waals surface area contributed by atoms with Crippen molar-refractivity contribution in [2.75, 3.05) is 12.4 Å². The second-order valence-corrected chi connectivity index (χ2v) is 6.65. The van der Waals surface area contributed by atoms with Gasteiger partial charge in [0.05, 0.1) is 5.56 Å². The quantitative estimate of drug-likeness (QED) is 0.256. The molecule has 0 spiro atoms. The van der Waals surface area contributed by atoms with E-state index in [4.69, 9.17) is 5.73 Å². The minimum absolute atomic E-state index is 0. The molecule has 3 aromatic rings. The summed E-state index contributed by atoms with van der Waals surface area (Å²) in [6, 6.07) is 20.7. The Kier molecular flexibility index (Phi) is 10.2. The van der Waals surface area contributed by atoms with E-state index in [-0.39, 0.29) is 24.5 Å². The average Bonchev–Trinajstić information content (AvgIpc) is 2.81. The summed E-state index contributed by atoms with van der Waals surface area (Å²) < 4.78 is 0. The molecule has 0 atom stereocenters. The molecule has 3 rings (SSSR count). The number of hydrogen-bond acceptors (Lipinski definition) is 5. The fourth-order valence-corrected chi connectivity index (χ4v) is 2.98. The van der Waals surface area contributed by atoms with Gasteiger partial charge in [-0.1, -0.05) is 62.5 Å². The lowest BCUT2D eigenvalue weighted by atomic mass is 10.0. The highest BCUT2D eigenvalue weighted by molar-refractivity contribution is 6.00. The predicted octanol–water partition coefficient (Wildman–Crippen LogP) is 5.92. The maximum atomic E-state index is 11.4. The number of anilines is 1. The number of ketones is 1. The minimum atomic E-state index is -0.0378. The molecule has 32 heavy (non-hydrogen) atoms. The third kappa shape index (κ3) is 6.44. The number of nitrogens with two attached hydrogens (primary N) is 1. The van der Waals surface area contributed by atoms with Gasteiger partial charge in [0.25, 0.3) is 0 Å². The van der Waals surface area contributed by atoms with Crippen LogP contribution >= 0.6 is 0 Å². The number of aldehydes is 1. The van der Waals surface area contributed by atoms with Crippen molar-refractivity contribution >= 4 is 23.3 Å². The summed E-state index contributed by atoms with van der Waals surface area (Å²) in [5.41, 5.74) is 10.9. The number of benzene rings is 3. The molecule has 0 aromatic heterocycles. The summed E-state index contributed by atoms with van der Waals surface area (Å²) in [7, 11) is 1.83. The maximum Gasteiger partial charge on any atom is 0.161 e. The zero-order valence-corrected chi connectivity index (χ0v) is 17.6. The van der Waals surface area contributed by atoms with Crippen molar-refractivity contribution < 1.29 is 14.7 Å². The van der Waals surface area contributed by atoms with Crippen LogP contribution in [0.5, 0.6) is 5.75 Å². The summed E-state index contributed by atoms with van der Waals surface area (Å²) >= 11 is 0. The molecule has 0 fully saturated rings. The largest absolute Gasteiger partial charge is 0.507 e. The minimum Gasteiger partial charge on any atom is -0.507 e. The molecule has 0 saturated heterocycles. The molecular formula is C27H30N2O3. The lowest BCUT2D eigenvalue weighted by molar-refractivity contribution is 0.101. The Balaban J connectivity index is 0.000000316. The fourth-order valence-electron chi connectivity index (χ4n) is 2.98. The van der Waals surface area contributed by atoms with E-state index in [1.165, 1.54) is 12.3 Å². The number of carbonyl (C=O) groups excluding carboxylic acids is 2. The van der Waals surface area contributed by atoms with E-state index in [0.29, 0.717) is 11.9 Å². The van der Waals surface area contributed by atoms with Crippen LogP contribution in [0.1, 0.15) is 40.6 Å². The number of phenols is 1. The van der Waals surface area contributed by atoms with Crippen LogP contribution in [0.3, 0.4) is 0 Å². The van der Waals surface area contributed by atoms with Crippen LogP contribution in [-0.2, 0) is 0 Å². The van der Waals surface area contributed by atoms with Gasteiger partial charge in [-0.3, -0.25) is 9.59 Å². The van der Waals surface area contributed by atoms with Gasteiger partial charge >= 0.3 is 0 Å². The Morgan fingerprint density at radius 2 is 1.72 bits per heavy atom. The van der Waals surface area contributed by atoms with Crippen LogP contribution in [0.2, 0.25) is 0 Å². The van der Waals surface area contributed by atoms with Crippen LogP contribution in [0, 0.1) is 0 Å². The molecule has 166 valence electrons. The van der Waals surface area contributed by atoms with Gasteiger partial charge in [-0.15, -0.1) is 0 Å². The van der Waals surface area contributed by atoms with Crippen molar-refractivity contribution in [2.45, 2.75) is 14.4 Å². The van der Waals surface area contributed by atoms with E-state index in [1.807, 2.05) is 43.4 Å². The van der Waals surface area contributed by atoms with Gasteiger partial charge in [-0.25, -0.2) is 0 Å². The zero-order chi connectivity index (χ0) is 22.8. The van der Waals surface area contributed by atoms with E-state index in [0.717, 1.165) is 27.9 Å². The Labute approximate surface area is 189 Å². The molecule has 0 aliphatic rings. The van der Waals surface area contributed by atoms with Crippen LogP contribution in [-0.4, -0.2) is 24.2 Å². The Morgan fingerprint density at radius 1 is 1.03 bits per heavy atom. The highest BCUT2D eigenvalue weighted by Crippen LogP contribution is 2.25. The Morgan fingerprint density at radius 3 is 2.25 bits per heavy atom. The summed E-state index contributed by atoms with van der Waals surface area (Å²) in [6.45, 7) is 5.17. The molecule has 0 aliphatic carbocycles. The van der Waals surface area contributed by atoms with Gasteiger partial charge in [-0.05, 0) is 53.5 Å². The van der Waals surface area contributed by atoms with E-state index >= 15 is 0 Å². The first-order chi connectivity index (χ1) is 14.9. The topological polar surface area (TPSA) is 92.4 Å². The van der Waals surface area contributed by atoms with E-state index in [2.05, 4.69) is 24.0 Å². The van der Waals surface area contributed by atoms with Crippen LogP contribution in [0.4, 0.5) is 5.69 Å². The molecule has 5 nitrogen and oxygen atoms in total. The van der Waals surface area contributed by atoms with E-state index in [1.54, 1.807) is 25.1 Å². The van der Waals surface area contributed by atoms with E-state index in [9.17, 15) is 14.7 Å². The number of phenolic OH excluding ortho intramolecular Hbond substituents is 1. The van der Waals surface area contributed by atoms with Crippen molar-refractivity contribution in [2.24, 2.45) is 5.73 Å². The number of aromatic hydroxyl groups is 1. The first-order valence-electron chi connectivity index (χ1n) is 9.66. The van der Waals surface area contributed by atoms with E-state index < -0.39 is 0 Å². The van der Waals surface area contributed by atoms with Crippen LogP contribution < -0.4 is 11.1 Å². The molecule has 0 heterocycles. The maximum absolute atomic E-state index is 11.4. The van der Waals surface area contributed by atoms with Crippen LogP contribution in [0.25, 0.3) is 16.7 Å². The SMILES string of the molecule is C.C=C/C(=C\N)c1ccc(O)c(C=O)c1.CNc1cc(-c2ccccc2)ccc1C(C)=O. The van der Waals surface area contributed by atoms with Gasteiger partial charge in [-0.2, -0.15) is 0 Å². The van der Waals surface area contributed by atoms with Crippen LogP contribution in [0.15, 0.2) is 85.6 Å². The molecule has 0 unspecified atom stereocenters. The molecule has 3 aromatic carbocycles. The lowest BCUT2D eigenvalue weighted by Crippen LogP contribution is -2.00. The smallest absolute Gasteiger partial charge is 0.161 e. The highest BCUT2D eigenvalue weighted by Gasteiger charge is 2.07.